The number of pyridine rings is 2. The Bertz CT molecular complexity index is 1630. The summed E-state index contributed by atoms with van der Waals surface area (Å²) in [6.45, 7) is 4.56. The van der Waals surface area contributed by atoms with Crippen LogP contribution >= 0.6 is 0 Å². The van der Waals surface area contributed by atoms with E-state index >= 15 is 0 Å². The molecule has 0 atom stereocenters. The van der Waals surface area contributed by atoms with Crippen molar-refractivity contribution in [3.05, 3.63) is 129 Å². The van der Waals surface area contributed by atoms with Gasteiger partial charge in [0, 0.05) is 51.9 Å². The summed E-state index contributed by atoms with van der Waals surface area (Å²) in [5, 5.41) is 23.1. The van der Waals surface area contributed by atoms with E-state index in [1.165, 1.54) is 137 Å². The third-order valence-electron chi connectivity index (χ3n) is 10.1. The highest BCUT2D eigenvalue weighted by molar-refractivity contribution is 5.82. The Kier molecular flexibility index (Phi) is 13.3. The predicted octanol–water partition coefficient (Wildman–Crippen LogP) is 10.3. The number of benzene rings is 2. The van der Waals surface area contributed by atoms with E-state index in [-0.39, 0.29) is 5.41 Å². The minimum Gasteiger partial charge on any atom is -0.619 e. The van der Waals surface area contributed by atoms with Crippen molar-refractivity contribution in [2.24, 2.45) is 0 Å². The van der Waals surface area contributed by atoms with Gasteiger partial charge in [-0.1, -0.05) is 140 Å². The maximum Gasteiger partial charge on any atom is 0.181 e. The molecule has 0 unspecified atom stereocenters. The largest absolute Gasteiger partial charge is 0.619 e. The van der Waals surface area contributed by atoms with Crippen LogP contribution in [0.15, 0.2) is 85.5 Å². The van der Waals surface area contributed by atoms with Crippen LogP contribution in [0.4, 0.5) is 0 Å². The molecule has 2 aromatic heterocycles. The van der Waals surface area contributed by atoms with Crippen LogP contribution < -0.4 is 9.46 Å². The van der Waals surface area contributed by atoms with Crippen LogP contribution in [0.2, 0.25) is 0 Å². The Morgan fingerprint density at radius 1 is 0.449 bits per heavy atom. The molecular weight excluding hydrogens is 601 g/mol. The Morgan fingerprint density at radius 2 is 0.796 bits per heavy atom. The van der Waals surface area contributed by atoms with E-state index in [0.29, 0.717) is 0 Å². The minimum absolute atomic E-state index is 0.0887. The quantitative estimate of drug-likeness (QED) is 0.0523. The molecule has 4 aromatic rings. The van der Waals surface area contributed by atoms with Gasteiger partial charge in [0.05, 0.1) is 0 Å². The molecule has 0 amide bonds. The normalized spacial score (nSPS) is 12.4. The summed E-state index contributed by atoms with van der Waals surface area (Å²) in [6.07, 6.45) is 26.3. The van der Waals surface area contributed by atoms with Crippen LogP contribution in [0.5, 0.6) is 0 Å². The molecule has 1 aliphatic carbocycles. The fraction of sp³-hybridized carbons (Fsp3) is 0.422. The van der Waals surface area contributed by atoms with E-state index in [4.69, 9.17) is 0 Å². The molecule has 0 saturated heterocycles. The van der Waals surface area contributed by atoms with Crippen molar-refractivity contribution >= 4 is 0 Å². The van der Waals surface area contributed by atoms with Crippen LogP contribution in [-0.2, 0) is 5.41 Å². The topological polar surface area (TPSA) is 53.9 Å². The number of fused-ring (bicyclic) bond motifs is 3. The molecule has 4 heteroatoms. The number of nitrogens with zero attached hydrogens (tertiary/aromatic N) is 2. The van der Waals surface area contributed by atoms with Gasteiger partial charge in [0.15, 0.2) is 24.8 Å². The molecule has 0 spiro atoms. The Morgan fingerprint density at radius 3 is 1.18 bits per heavy atom. The molecule has 5 rings (SSSR count). The summed E-state index contributed by atoms with van der Waals surface area (Å²) in [6, 6.07) is 20.6. The summed E-state index contributed by atoms with van der Waals surface area (Å²) < 4.78 is 1.58. The van der Waals surface area contributed by atoms with Gasteiger partial charge in [0.2, 0.25) is 0 Å². The lowest BCUT2D eigenvalue weighted by Gasteiger charge is -2.33. The predicted molar refractivity (Wildman–Crippen MR) is 201 cm³/mol. The molecular formula is C45H52N2O2. The number of hydrogen-bond donors (Lipinski definition) is 0. The molecule has 2 heterocycles. The van der Waals surface area contributed by atoms with Gasteiger partial charge in [-0.15, -0.1) is 0 Å². The van der Waals surface area contributed by atoms with Gasteiger partial charge in [-0.05, 0) is 59.4 Å². The monoisotopic (exact) mass is 652 g/mol. The molecule has 0 N–H and O–H groups in total. The highest BCUT2D eigenvalue weighted by Crippen LogP contribution is 2.54. The van der Waals surface area contributed by atoms with Gasteiger partial charge in [0.25, 0.3) is 0 Å². The minimum atomic E-state index is -0.0887. The second kappa shape index (κ2) is 18.3. The van der Waals surface area contributed by atoms with Crippen LogP contribution in [0.25, 0.3) is 11.1 Å². The second-order valence-electron chi connectivity index (χ2n) is 13.7. The summed E-state index contributed by atoms with van der Waals surface area (Å²) in [5.74, 6) is 13.4. The van der Waals surface area contributed by atoms with Crippen LogP contribution in [0.1, 0.15) is 150 Å². The van der Waals surface area contributed by atoms with Crippen molar-refractivity contribution in [2.75, 3.05) is 0 Å². The van der Waals surface area contributed by atoms with Gasteiger partial charge in [0.1, 0.15) is 0 Å². The van der Waals surface area contributed by atoms with Crippen LogP contribution in [-0.4, -0.2) is 0 Å². The van der Waals surface area contributed by atoms with Crippen molar-refractivity contribution in [1.29, 1.82) is 0 Å². The first-order valence-corrected chi connectivity index (χ1v) is 18.7. The standard InChI is InChI=1S/C45H52N2O2/c1-3-5-7-9-11-13-15-29-45(30-16-14-12-10-8-6-4-2)43-35-39(19-17-37-25-31-46(48)32-26-37)21-23-41(43)42-24-22-40(36-44(42)45)20-18-38-27-33-47(49)34-28-38/h21-28,31-36H,3-16,29-30H2,1-2H3. The number of aromatic nitrogens is 2. The first-order valence-electron chi connectivity index (χ1n) is 18.7. The molecule has 0 saturated carbocycles. The number of unbranched alkanes of at least 4 members (excludes halogenated alkanes) is 12. The number of hydrogen-bond acceptors (Lipinski definition) is 2. The Balaban J connectivity index is 1.50. The summed E-state index contributed by atoms with van der Waals surface area (Å²) in [7, 11) is 0. The third-order valence-corrected chi connectivity index (χ3v) is 10.1. The highest BCUT2D eigenvalue weighted by atomic mass is 16.5. The molecule has 0 aliphatic heterocycles. The van der Waals surface area contributed by atoms with Gasteiger partial charge >= 0.3 is 0 Å². The van der Waals surface area contributed by atoms with Crippen molar-refractivity contribution in [3.8, 4) is 34.8 Å². The average Bonchev–Trinajstić information content (AvgIpc) is 3.38. The van der Waals surface area contributed by atoms with E-state index in [9.17, 15) is 10.4 Å². The van der Waals surface area contributed by atoms with Crippen molar-refractivity contribution in [2.45, 2.75) is 122 Å². The highest BCUT2D eigenvalue weighted by Gasteiger charge is 2.42. The summed E-state index contributed by atoms with van der Waals surface area (Å²) >= 11 is 0. The lowest BCUT2D eigenvalue weighted by molar-refractivity contribution is -0.605. The molecule has 4 nitrogen and oxygen atoms in total. The maximum atomic E-state index is 11.5. The van der Waals surface area contributed by atoms with E-state index in [1.807, 2.05) is 0 Å². The average molecular weight is 653 g/mol. The van der Waals surface area contributed by atoms with Gasteiger partial charge in [-0.25, -0.2) is 0 Å². The van der Waals surface area contributed by atoms with E-state index < -0.39 is 0 Å². The first kappa shape index (κ1) is 35.8. The zero-order valence-electron chi connectivity index (χ0n) is 29.6. The number of rotatable bonds is 16. The van der Waals surface area contributed by atoms with Gasteiger partial charge < -0.3 is 10.4 Å². The lowest BCUT2D eigenvalue weighted by Crippen LogP contribution is -2.26. The van der Waals surface area contributed by atoms with Crippen molar-refractivity contribution in [1.82, 2.24) is 0 Å². The lowest BCUT2D eigenvalue weighted by atomic mass is 9.70. The van der Waals surface area contributed by atoms with E-state index in [2.05, 4.69) is 73.9 Å². The third kappa shape index (κ3) is 9.77. The zero-order valence-corrected chi connectivity index (χ0v) is 29.6. The zero-order chi connectivity index (χ0) is 34.3. The van der Waals surface area contributed by atoms with Gasteiger partial charge in [-0.3, -0.25) is 0 Å². The van der Waals surface area contributed by atoms with Crippen LogP contribution in [0.3, 0.4) is 0 Å². The summed E-state index contributed by atoms with van der Waals surface area (Å²) in [4.78, 5) is 0. The Hall–Kier alpha value is -4.54. The molecule has 2 aromatic carbocycles. The maximum absolute atomic E-state index is 11.5. The molecule has 0 radical (unpaired) electrons. The van der Waals surface area contributed by atoms with Gasteiger partial charge in [-0.2, -0.15) is 9.46 Å². The Labute approximate surface area is 294 Å². The van der Waals surface area contributed by atoms with Crippen LogP contribution in [0, 0.1) is 34.1 Å². The SMILES string of the molecule is CCCCCCCCCC1(CCCCCCCCC)c2cc(C#Cc3cc[n+]([O-])cc3)ccc2-c2ccc(C#Cc3cc[n+]([O-])cc3)cc21. The van der Waals surface area contributed by atoms with Crippen molar-refractivity contribution in [3.63, 3.8) is 0 Å². The van der Waals surface area contributed by atoms with Crippen molar-refractivity contribution < 1.29 is 9.46 Å². The molecule has 0 bridgehead atoms. The molecule has 254 valence electrons. The van der Waals surface area contributed by atoms with E-state index in [0.717, 1.165) is 44.6 Å². The smallest absolute Gasteiger partial charge is 0.181 e. The molecule has 49 heavy (non-hydrogen) atoms. The fourth-order valence-corrected chi connectivity index (χ4v) is 7.36. The molecule has 0 fully saturated rings. The van der Waals surface area contributed by atoms with E-state index in [1.54, 1.807) is 24.3 Å². The second-order valence-corrected chi connectivity index (χ2v) is 13.7. The summed E-state index contributed by atoms with van der Waals surface area (Å²) in [5.41, 5.74) is 9.05. The first-order chi connectivity index (χ1) is 24.0. The molecule has 1 aliphatic rings. The fourth-order valence-electron chi connectivity index (χ4n) is 7.36.